The first-order valence-electron chi connectivity index (χ1n) is 5.51. The third kappa shape index (κ3) is 3.01. The van der Waals surface area contributed by atoms with Crippen LogP contribution in [0.2, 0.25) is 0 Å². The molecule has 0 saturated carbocycles. The van der Waals surface area contributed by atoms with Gasteiger partial charge in [0.05, 0.1) is 25.4 Å². The first-order valence-corrected chi connectivity index (χ1v) is 5.51. The van der Waals surface area contributed by atoms with Crippen LogP contribution < -0.4 is 5.32 Å². The summed E-state index contributed by atoms with van der Waals surface area (Å²) in [6.07, 6.45) is 0.159. The molecule has 0 aromatic carbocycles. The molecule has 1 aliphatic heterocycles. The van der Waals surface area contributed by atoms with E-state index in [1.165, 1.54) is 0 Å². The Morgan fingerprint density at radius 2 is 2.44 bits per heavy atom. The molecule has 1 unspecified atom stereocenters. The van der Waals surface area contributed by atoms with Gasteiger partial charge < -0.3 is 19.3 Å². The molecule has 0 amide bonds. The molecular formula is C10H17N3O3. The Hall–Kier alpha value is -0.980. The third-order valence-corrected chi connectivity index (χ3v) is 2.26. The van der Waals surface area contributed by atoms with Crippen molar-refractivity contribution in [1.29, 1.82) is 0 Å². The predicted molar refractivity (Wildman–Crippen MR) is 55.8 cm³/mol. The zero-order valence-electron chi connectivity index (χ0n) is 9.60. The van der Waals surface area contributed by atoms with Crippen LogP contribution in [0.5, 0.6) is 0 Å². The lowest BCUT2D eigenvalue weighted by Crippen LogP contribution is -2.35. The number of rotatable bonds is 4. The maximum atomic E-state index is 5.38. The van der Waals surface area contributed by atoms with E-state index in [9.17, 15) is 0 Å². The highest BCUT2D eigenvalue weighted by molar-refractivity contribution is 4.94. The van der Waals surface area contributed by atoms with Crippen LogP contribution in [0.3, 0.4) is 0 Å². The van der Waals surface area contributed by atoms with Gasteiger partial charge in [0, 0.05) is 6.54 Å². The molecule has 1 aromatic heterocycles. The normalized spacial score (nSPS) is 21.6. The summed E-state index contributed by atoms with van der Waals surface area (Å²) in [5, 5.41) is 7.17. The summed E-state index contributed by atoms with van der Waals surface area (Å²) in [6.45, 7) is 6.43. The first kappa shape index (κ1) is 11.5. The van der Waals surface area contributed by atoms with Crippen molar-refractivity contribution in [2.45, 2.75) is 32.6 Å². The molecular weight excluding hydrogens is 210 g/mol. The Bertz CT molecular complexity index is 321. The molecule has 1 aromatic rings. The van der Waals surface area contributed by atoms with Crippen LogP contribution >= 0.6 is 0 Å². The lowest BCUT2D eigenvalue weighted by Gasteiger charge is -2.20. The second-order valence-electron chi connectivity index (χ2n) is 3.99. The summed E-state index contributed by atoms with van der Waals surface area (Å²) in [5.41, 5.74) is 0. The Labute approximate surface area is 94.3 Å². The minimum absolute atomic E-state index is 0.0327. The highest BCUT2D eigenvalue weighted by atomic mass is 16.5. The Kier molecular flexibility index (Phi) is 3.87. The zero-order chi connectivity index (χ0) is 11.4. The molecule has 90 valence electrons. The molecule has 0 aliphatic carbocycles. The van der Waals surface area contributed by atoms with Gasteiger partial charge in [-0.3, -0.25) is 0 Å². The number of hydrogen-bond donors (Lipinski definition) is 1. The topological polar surface area (TPSA) is 69.4 Å². The van der Waals surface area contributed by atoms with E-state index < -0.39 is 0 Å². The molecule has 2 heterocycles. The third-order valence-electron chi connectivity index (χ3n) is 2.26. The van der Waals surface area contributed by atoms with Gasteiger partial charge in [-0.25, -0.2) is 0 Å². The zero-order valence-corrected chi connectivity index (χ0v) is 9.60. The fourth-order valence-electron chi connectivity index (χ4n) is 1.44. The molecule has 16 heavy (non-hydrogen) atoms. The van der Waals surface area contributed by atoms with Gasteiger partial charge in [0.25, 0.3) is 5.89 Å². The van der Waals surface area contributed by atoms with Crippen LogP contribution in [0, 0.1) is 0 Å². The number of nitrogens with one attached hydrogen (secondary N) is 1. The minimum atomic E-state index is 0.0327. The number of hydrogen-bond acceptors (Lipinski definition) is 6. The molecule has 1 atom stereocenters. The second kappa shape index (κ2) is 5.38. The molecule has 0 radical (unpaired) electrons. The van der Waals surface area contributed by atoms with E-state index >= 15 is 0 Å². The van der Waals surface area contributed by atoms with E-state index in [4.69, 9.17) is 14.0 Å². The summed E-state index contributed by atoms with van der Waals surface area (Å²) < 4.78 is 15.8. The van der Waals surface area contributed by atoms with Crippen molar-refractivity contribution in [2.75, 3.05) is 19.8 Å². The summed E-state index contributed by atoms with van der Waals surface area (Å²) in [5.74, 6) is 1.15. The summed E-state index contributed by atoms with van der Waals surface area (Å²) in [7, 11) is 0. The van der Waals surface area contributed by atoms with E-state index in [0.29, 0.717) is 24.9 Å². The van der Waals surface area contributed by atoms with Crippen molar-refractivity contribution >= 4 is 0 Å². The number of aromatic nitrogens is 2. The van der Waals surface area contributed by atoms with E-state index in [0.717, 1.165) is 13.2 Å². The van der Waals surface area contributed by atoms with Gasteiger partial charge in [0.1, 0.15) is 6.61 Å². The van der Waals surface area contributed by atoms with Crippen LogP contribution in [-0.4, -0.2) is 36.0 Å². The van der Waals surface area contributed by atoms with E-state index in [-0.39, 0.29) is 12.1 Å². The van der Waals surface area contributed by atoms with Gasteiger partial charge in [-0.2, -0.15) is 4.98 Å². The summed E-state index contributed by atoms with van der Waals surface area (Å²) in [4.78, 5) is 4.26. The number of morpholine rings is 1. The Balaban J connectivity index is 1.90. The molecule has 6 heteroatoms. The van der Waals surface area contributed by atoms with Crippen molar-refractivity contribution in [3.05, 3.63) is 11.7 Å². The molecule has 0 spiro atoms. The van der Waals surface area contributed by atoms with Crippen LogP contribution in [-0.2, 0) is 16.1 Å². The Morgan fingerprint density at radius 3 is 3.12 bits per heavy atom. The van der Waals surface area contributed by atoms with Crippen LogP contribution in [0.15, 0.2) is 4.52 Å². The Morgan fingerprint density at radius 1 is 1.56 bits per heavy atom. The summed E-state index contributed by atoms with van der Waals surface area (Å²) >= 11 is 0. The monoisotopic (exact) mass is 227 g/mol. The fourth-order valence-corrected chi connectivity index (χ4v) is 1.44. The van der Waals surface area contributed by atoms with Crippen LogP contribution in [0.1, 0.15) is 31.6 Å². The van der Waals surface area contributed by atoms with E-state index in [2.05, 4.69) is 15.5 Å². The van der Waals surface area contributed by atoms with Crippen LogP contribution in [0.25, 0.3) is 0 Å². The summed E-state index contributed by atoms with van der Waals surface area (Å²) in [6, 6.07) is 0.0327. The van der Waals surface area contributed by atoms with Gasteiger partial charge in [-0.05, 0) is 13.8 Å². The molecule has 1 saturated heterocycles. The predicted octanol–water partition coefficient (Wildman–Crippen LogP) is 0.655. The smallest absolute Gasteiger partial charge is 0.252 e. The van der Waals surface area contributed by atoms with Crippen molar-refractivity contribution < 1.29 is 14.0 Å². The van der Waals surface area contributed by atoms with Gasteiger partial charge in [0.2, 0.25) is 0 Å². The highest BCUT2D eigenvalue weighted by Crippen LogP contribution is 2.12. The SMILES string of the molecule is CC(C)OCc1nc(C2COCCN2)no1. The molecule has 1 fully saturated rings. The molecule has 0 bridgehead atoms. The van der Waals surface area contributed by atoms with Gasteiger partial charge in [0.15, 0.2) is 5.82 Å². The maximum Gasteiger partial charge on any atom is 0.252 e. The molecule has 2 rings (SSSR count). The number of ether oxygens (including phenoxy) is 2. The van der Waals surface area contributed by atoms with Crippen molar-refractivity contribution in [1.82, 2.24) is 15.5 Å². The average molecular weight is 227 g/mol. The van der Waals surface area contributed by atoms with Crippen molar-refractivity contribution in [3.63, 3.8) is 0 Å². The molecule has 1 N–H and O–H groups in total. The van der Waals surface area contributed by atoms with Gasteiger partial charge in [-0.15, -0.1) is 0 Å². The van der Waals surface area contributed by atoms with Crippen molar-refractivity contribution in [3.8, 4) is 0 Å². The molecule has 1 aliphatic rings. The fraction of sp³-hybridized carbons (Fsp3) is 0.800. The van der Waals surface area contributed by atoms with E-state index in [1.54, 1.807) is 0 Å². The lowest BCUT2D eigenvalue weighted by atomic mass is 10.2. The molecule has 6 nitrogen and oxygen atoms in total. The van der Waals surface area contributed by atoms with Crippen LogP contribution in [0.4, 0.5) is 0 Å². The average Bonchev–Trinajstić information content (AvgIpc) is 2.76. The lowest BCUT2D eigenvalue weighted by molar-refractivity contribution is 0.0485. The van der Waals surface area contributed by atoms with Crippen molar-refractivity contribution in [2.24, 2.45) is 0 Å². The standard InChI is InChI=1S/C10H17N3O3/c1-7(2)15-6-9-12-10(13-16-9)8-5-14-4-3-11-8/h7-8,11H,3-6H2,1-2H3. The minimum Gasteiger partial charge on any atom is -0.378 e. The quantitative estimate of drug-likeness (QED) is 0.814. The highest BCUT2D eigenvalue weighted by Gasteiger charge is 2.20. The van der Waals surface area contributed by atoms with E-state index in [1.807, 2.05) is 13.8 Å². The van der Waals surface area contributed by atoms with Gasteiger partial charge in [-0.1, -0.05) is 5.16 Å². The largest absolute Gasteiger partial charge is 0.378 e. The van der Waals surface area contributed by atoms with Gasteiger partial charge >= 0.3 is 0 Å². The maximum absolute atomic E-state index is 5.38. The first-order chi connectivity index (χ1) is 7.75. The second-order valence-corrected chi connectivity index (χ2v) is 3.99. The number of nitrogens with zero attached hydrogens (tertiary/aromatic N) is 2.